The van der Waals surface area contributed by atoms with Gasteiger partial charge in [-0.1, -0.05) is 41.5 Å². The van der Waals surface area contributed by atoms with Crippen molar-refractivity contribution in [2.24, 2.45) is 56.2 Å². The molecule has 0 amide bonds. The van der Waals surface area contributed by atoms with E-state index >= 15 is 4.79 Å². The van der Waals surface area contributed by atoms with Gasteiger partial charge in [-0.25, -0.2) is 0 Å². The Labute approximate surface area is 500 Å². The average Bonchev–Trinajstić information content (AvgIpc) is 0.679. The lowest BCUT2D eigenvalue weighted by Crippen LogP contribution is -2.69. The summed E-state index contributed by atoms with van der Waals surface area (Å²) in [6.45, 7) is 12.3. The van der Waals surface area contributed by atoms with Crippen LogP contribution in [0.15, 0.2) is 0 Å². The summed E-state index contributed by atoms with van der Waals surface area (Å²) in [6.07, 6.45) is -31.8. The number of aliphatic hydroxyl groups is 16. The van der Waals surface area contributed by atoms with Gasteiger partial charge in [0.25, 0.3) is 0 Å². The Hall–Kier alpha value is -1.53. The third kappa shape index (κ3) is 11.3. The first kappa shape index (κ1) is 67.4. The maximum absolute atomic E-state index is 15.3. The fourth-order valence-electron chi connectivity index (χ4n) is 18.4. The van der Waals surface area contributed by atoms with Gasteiger partial charge in [-0.2, -0.15) is 0 Å². The van der Waals surface area contributed by atoms with Crippen molar-refractivity contribution in [2.75, 3.05) is 33.0 Å². The van der Waals surface area contributed by atoms with Gasteiger partial charge in [0, 0.05) is 5.41 Å². The third-order valence-electron chi connectivity index (χ3n) is 23.8. The zero-order chi connectivity index (χ0) is 62.7. The van der Waals surface area contributed by atoms with Crippen molar-refractivity contribution in [3.8, 4) is 0 Å². The molecule has 0 aromatic carbocycles. The zero-order valence-electron chi connectivity index (χ0n) is 50.2. The number of carbonyl (C=O) groups is 1. The molecule has 5 saturated heterocycles. The topological polar surface area (TPSA) is 433 Å². The van der Waals surface area contributed by atoms with Crippen LogP contribution in [0.3, 0.4) is 0 Å². The van der Waals surface area contributed by atoms with Crippen LogP contribution in [0.2, 0.25) is 0 Å². The molecule has 0 bridgehead atoms. The number of ether oxygens (including phenoxy) is 10. The highest BCUT2D eigenvalue weighted by Crippen LogP contribution is 2.77. The Kier molecular flexibility index (Phi) is 19.6. The van der Waals surface area contributed by atoms with E-state index in [1.807, 2.05) is 6.92 Å². The first-order valence-corrected chi connectivity index (χ1v) is 31.1. The molecule has 0 aromatic heterocycles. The Morgan fingerprint density at radius 1 is 0.488 bits per heavy atom. The van der Waals surface area contributed by atoms with Crippen molar-refractivity contribution < 1.29 is 134 Å². The summed E-state index contributed by atoms with van der Waals surface area (Å²) in [5.41, 5.74) is -2.78. The number of hydrogen-bond acceptors (Lipinski definition) is 27. The van der Waals surface area contributed by atoms with E-state index in [1.54, 1.807) is 0 Å². The van der Waals surface area contributed by atoms with E-state index in [1.165, 1.54) is 6.92 Å². The molecule has 10 rings (SSSR count). The fourth-order valence-corrected chi connectivity index (χ4v) is 18.4. The van der Waals surface area contributed by atoms with Gasteiger partial charge in [-0.15, -0.1) is 0 Å². The van der Waals surface area contributed by atoms with E-state index in [0.29, 0.717) is 44.9 Å². The molecule has 10 aliphatic rings. The maximum Gasteiger partial charge on any atom is 0.314 e. The molecule has 27 nitrogen and oxygen atoms in total. The number of aliphatic hydroxyl groups excluding tert-OH is 16. The standard InChI is InChI=1S/C59H98O27/c1-24-34(64)37(67)41(71)50(79-24)85-47-29(20-61)81-48(44(74)40(47)70)78-22-30-36(66)39(69)43(73)52(82-30)86-53(76)59-16-14-54(2,3)18-26(59)25-8-9-32-55(4)12-11-33(56(5,23-62)31(55)10-13-58(32,7)57(25,6)15-17-59)83-49-45(75)46(27(63)21-77-49)84-51-42(72)38(68)35(65)28(19-60)80-51/h24-52,60-75H,8-23H2,1-7H3/t24-,25+,26-,27-,28+,29+,30+,31+,32+,33-,34-,35+,36+,37+,38-,39-,40+,41+,42+,43+,44+,45+,46-,47+,48+,49-,50-,51-,52-,55-,56-,57+,58+,59-/m0/s1. The Morgan fingerprint density at radius 2 is 1.07 bits per heavy atom. The Morgan fingerprint density at radius 3 is 1.73 bits per heavy atom. The minimum absolute atomic E-state index is 0.0488. The molecule has 0 unspecified atom stereocenters. The minimum Gasteiger partial charge on any atom is -0.432 e. The summed E-state index contributed by atoms with van der Waals surface area (Å²) < 4.78 is 58.9. The smallest absolute Gasteiger partial charge is 0.314 e. The van der Waals surface area contributed by atoms with Gasteiger partial charge in [-0.05, 0) is 123 Å². The molecule has 5 aliphatic carbocycles. The van der Waals surface area contributed by atoms with Gasteiger partial charge in [0.15, 0.2) is 25.2 Å². The second-order valence-electron chi connectivity index (χ2n) is 28.9. The van der Waals surface area contributed by atoms with Crippen molar-refractivity contribution in [3.63, 3.8) is 0 Å². The highest BCUT2D eigenvalue weighted by Gasteiger charge is 2.72. The van der Waals surface area contributed by atoms with Crippen LogP contribution in [0.25, 0.3) is 0 Å². The summed E-state index contributed by atoms with van der Waals surface area (Å²) in [5, 5.41) is 173. The van der Waals surface area contributed by atoms with Crippen LogP contribution < -0.4 is 0 Å². The third-order valence-corrected chi connectivity index (χ3v) is 23.8. The lowest BCUT2D eigenvalue weighted by atomic mass is 9.31. The van der Waals surface area contributed by atoms with E-state index in [9.17, 15) is 81.7 Å². The number of esters is 1. The molecule has 86 heavy (non-hydrogen) atoms. The molecule has 5 aliphatic heterocycles. The number of rotatable bonds is 14. The number of fused-ring (bicyclic) bond motifs is 7. The molecular formula is C59H98O27. The lowest BCUT2D eigenvalue weighted by molar-refractivity contribution is -0.361. The predicted octanol–water partition coefficient (Wildman–Crippen LogP) is -3.49. The minimum atomic E-state index is -1.89. The summed E-state index contributed by atoms with van der Waals surface area (Å²) in [7, 11) is 0. The predicted molar refractivity (Wildman–Crippen MR) is 289 cm³/mol. The average molecular weight is 1240 g/mol. The quantitative estimate of drug-likeness (QED) is 0.0593. The molecule has 16 N–H and O–H groups in total. The molecular weight excluding hydrogens is 1140 g/mol. The zero-order valence-corrected chi connectivity index (χ0v) is 50.2. The summed E-state index contributed by atoms with van der Waals surface area (Å²) in [4.78, 5) is 15.3. The van der Waals surface area contributed by atoms with E-state index < -0.39 is 190 Å². The van der Waals surface area contributed by atoms with Gasteiger partial charge in [0.1, 0.15) is 110 Å². The van der Waals surface area contributed by atoms with Crippen LogP contribution in [-0.4, -0.2) is 274 Å². The van der Waals surface area contributed by atoms with Crippen molar-refractivity contribution >= 4 is 5.97 Å². The van der Waals surface area contributed by atoms with Crippen LogP contribution in [-0.2, 0) is 52.2 Å². The van der Waals surface area contributed by atoms with Crippen molar-refractivity contribution in [1.82, 2.24) is 0 Å². The molecule has 496 valence electrons. The Balaban J connectivity index is 0.807. The van der Waals surface area contributed by atoms with Crippen LogP contribution >= 0.6 is 0 Å². The van der Waals surface area contributed by atoms with Crippen molar-refractivity contribution in [2.45, 2.75) is 273 Å². The van der Waals surface area contributed by atoms with Gasteiger partial charge >= 0.3 is 5.97 Å². The first-order valence-electron chi connectivity index (χ1n) is 31.1. The number of carbonyl (C=O) groups excluding carboxylic acids is 1. The maximum atomic E-state index is 15.3. The molecule has 10 fully saturated rings. The van der Waals surface area contributed by atoms with E-state index in [4.69, 9.17) is 47.4 Å². The van der Waals surface area contributed by atoms with Gasteiger partial charge in [0.05, 0.1) is 50.7 Å². The number of hydrogen-bond donors (Lipinski definition) is 16. The van der Waals surface area contributed by atoms with Crippen LogP contribution in [0.1, 0.15) is 119 Å². The molecule has 0 spiro atoms. The van der Waals surface area contributed by atoms with Gasteiger partial charge < -0.3 is 129 Å². The van der Waals surface area contributed by atoms with E-state index in [0.717, 1.165) is 25.7 Å². The molecule has 34 atom stereocenters. The molecule has 0 radical (unpaired) electrons. The fraction of sp³-hybridized carbons (Fsp3) is 0.983. The second kappa shape index (κ2) is 25.1. The highest BCUT2D eigenvalue weighted by molar-refractivity contribution is 5.78. The molecule has 27 heteroatoms. The summed E-state index contributed by atoms with van der Waals surface area (Å²) >= 11 is 0. The van der Waals surface area contributed by atoms with E-state index in [2.05, 4.69) is 34.6 Å². The Bertz CT molecular complexity index is 2320. The second-order valence-corrected chi connectivity index (χ2v) is 28.9. The van der Waals surface area contributed by atoms with Crippen LogP contribution in [0, 0.1) is 56.2 Å². The van der Waals surface area contributed by atoms with E-state index in [-0.39, 0.29) is 58.5 Å². The molecule has 5 saturated carbocycles. The monoisotopic (exact) mass is 1240 g/mol. The summed E-state index contributed by atoms with van der Waals surface area (Å²) in [5.74, 6) is -0.548. The lowest BCUT2D eigenvalue weighted by Gasteiger charge is -2.73. The normalized spacial score (nSPS) is 55.7. The highest BCUT2D eigenvalue weighted by atomic mass is 16.8. The largest absolute Gasteiger partial charge is 0.432 e. The SMILES string of the molecule is C[C@@H]1O[C@@H](O[C@H]2[C@H](O)[C@@H](O)[C@H](OC[C@H]3O[C@@H](OC(=O)[C@]45CCC(C)(C)C[C@H]4[C@H]4CC[C@@H]6[C@@]7(C)CC[C@H](O[C@@H]8OC[C@H](O)[C@H](O[C@@H]9O[C@H](CO)[C@@H](O)[C@H](O)[C@H]9O)[C@H]8O)[C@@](C)(CO)[C@@H]7CC[C@@]6(C)[C@]4(C)CC5)[C@H](O)[C@@H](O)[C@@H]3O)O[C@@H]2CO)[C@H](O)[C@H](O)[C@H]1O. The molecule has 5 heterocycles. The summed E-state index contributed by atoms with van der Waals surface area (Å²) in [6, 6.07) is 0. The first-order chi connectivity index (χ1) is 40.4. The van der Waals surface area contributed by atoms with Crippen LogP contribution in [0.5, 0.6) is 0 Å². The van der Waals surface area contributed by atoms with Crippen molar-refractivity contribution in [3.05, 3.63) is 0 Å². The van der Waals surface area contributed by atoms with Crippen LogP contribution in [0.4, 0.5) is 0 Å². The van der Waals surface area contributed by atoms with Gasteiger partial charge in [-0.3, -0.25) is 4.79 Å². The van der Waals surface area contributed by atoms with Gasteiger partial charge in [0.2, 0.25) is 6.29 Å². The molecule has 0 aromatic rings. The van der Waals surface area contributed by atoms with Crippen molar-refractivity contribution in [1.29, 1.82) is 0 Å².